The highest BCUT2D eigenvalue weighted by atomic mass is 16.5. The van der Waals surface area contributed by atoms with E-state index in [1.54, 1.807) is 21.8 Å². The number of carbonyl (C=O) groups is 2. The topological polar surface area (TPSA) is 291 Å². The molecule has 0 spiro atoms. The number of hydrogen-bond donors (Lipinski definition) is 5. The first-order valence-electron chi connectivity index (χ1n) is 21.2. The molecule has 23 heteroatoms. The van der Waals surface area contributed by atoms with Gasteiger partial charge >= 0.3 is 0 Å². The number of nitrogens with one attached hydrogen (secondary N) is 1. The predicted molar refractivity (Wildman–Crippen MR) is 227 cm³/mol. The van der Waals surface area contributed by atoms with Crippen molar-refractivity contribution in [2.75, 3.05) is 127 Å². The maximum Gasteiger partial charge on any atom is 0.247 e. The Kier molecular flexibility index (Phi) is 19.7. The quantitative estimate of drug-likeness (QED) is 0.0414. The molecule has 2 atom stereocenters. The Bertz CT molecular complexity index is 1680. The van der Waals surface area contributed by atoms with E-state index in [-0.39, 0.29) is 31.5 Å². The van der Waals surface area contributed by atoms with E-state index in [0.29, 0.717) is 147 Å². The van der Waals surface area contributed by atoms with Gasteiger partial charge in [0.1, 0.15) is 18.7 Å². The van der Waals surface area contributed by atoms with E-state index < -0.39 is 12.1 Å². The van der Waals surface area contributed by atoms with Crippen molar-refractivity contribution < 1.29 is 23.8 Å². The number of anilines is 3. The Hall–Kier alpha value is -5.09. The van der Waals surface area contributed by atoms with E-state index in [0.717, 1.165) is 25.7 Å². The van der Waals surface area contributed by atoms with Crippen LogP contribution in [0.25, 0.3) is 0 Å². The van der Waals surface area contributed by atoms with Crippen LogP contribution in [-0.4, -0.2) is 178 Å². The van der Waals surface area contributed by atoms with Gasteiger partial charge < -0.3 is 62.1 Å². The van der Waals surface area contributed by atoms with Gasteiger partial charge in [0, 0.05) is 72.0 Å². The molecule has 0 unspecified atom stereocenters. The number of aromatic nitrogens is 9. The number of terminal acetylenes is 1. The zero-order valence-corrected chi connectivity index (χ0v) is 35.2. The molecule has 5 rings (SSSR count). The van der Waals surface area contributed by atoms with Crippen LogP contribution in [0.1, 0.15) is 62.0 Å². The molecule has 2 saturated heterocycles. The predicted octanol–water partition coefficient (Wildman–Crippen LogP) is -1.90. The summed E-state index contributed by atoms with van der Waals surface area (Å²) in [5, 5.41) is 20.0. The summed E-state index contributed by atoms with van der Waals surface area (Å²) in [6.07, 6.45) is 13.0. The van der Waals surface area contributed by atoms with Crippen LogP contribution in [0.15, 0.2) is 12.4 Å². The van der Waals surface area contributed by atoms with E-state index in [4.69, 9.17) is 58.5 Å². The van der Waals surface area contributed by atoms with Gasteiger partial charge in [0.2, 0.25) is 29.7 Å². The molecule has 336 valence electrons. The Morgan fingerprint density at radius 1 is 0.656 bits per heavy atom. The number of nitrogens with two attached hydrogens (primary N) is 4. The van der Waals surface area contributed by atoms with Crippen LogP contribution < -0.4 is 38.1 Å². The third-order valence-electron chi connectivity index (χ3n) is 10.4. The Labute approximate surface area is 357 Å². The number of rotatable bonds is 27. The van der Waals surface area contributed by atoms with Crippen molar-refractivity contribution in [1.82, 2.24) is 54.7 Å². The van der Waals surface area contributed by atoms with Crippen LogP contribution in [0, 0.1) is 12.3 Å². The first-order chi connectivity index (χ1) is 29.9. The molecule has 2 aliphatic rings. The second-order valence-electron chi connectivity index (χ2n) is 14.7. The fourth-order valence-corrected chi connectivity index (χ4v) is 7.02. The summed E-state index contributed by atoms with van der Waals surface area (Å²) in [5.41, 5.74) is 24.3. The molecule has 0 aromatic carbocycles. The number of carbonyl (C=O) groups excluding carboxylic acids is 2. The van der Waals surface area contributed by atoms with Gasteiger partial charge in [-0.05, 0) is 51.6 Å². The van der Waals surface area contributed by atoms with Gasteiger partial charge in [-0.2, -0.15) is 15.0 Å². The van der Waals surface area contributed by atoms with Crippen molar-refractivity contribution in [3.05, 3.63) is 23.8 Å². The van der Waals surface area contributed by atoms with Gasteiger partial charge in [-0.1, -0.05) is 16.3 Å². The minimum absolute atomic E-state index is 0.0239. The highest BCUT2D eigenvalue weighted by Gasteiger charge is 2.33. The second kappa shape index (κ2) is 25.6. The van der Waals surface area contributed by atoms with Crippen molar-refractivity contribution in [3.63, 3.8) is 0 Å². The summed E-state index contributed by atoms with van der Waals surface area (Å²) in [7, 11) is 0. The van der Waals surface area contributed by atoms with Crippen LogP contribution in [0.3, 0.4) is 0 Å². The van der Waals surface area contributed by atoms with Crippen molar-refractivity contribution in [3.8, 4) is 12.3 Å². The number of unbranched alkanes of at least 4 members (excludes halogenated alkanes) is 2. The second-order valence-corrected chi connectivity index (χ2v) is 14.7. The molecule has 5 heterocycles. The van der Waals surface area contributed by atoms with E-state index in [1.807, 2.05) is 9.80 Å². The smallest absolute Gasteiger partial charge is 0.247 e. The summed E-state index contributed by atoms with van der Waals surface area (Å²) in [4.78, 5) is 50.2. The van der Waals surface area contributed by atoms with Crippen LogP contribution in [0.5, 0.6) is 0 Å². The zero-order valence-electron chi connectivity index (χ0n) is 35.2. The Balaban J connectivity index is 1.23. The van der Waals surface area contributed by atoms with Gasteiger partial charge in [0.15, 0.2) is 0 Å². The zero-order chi connectivity index (χ0) is 43.2. The molecule has 2 amide bonds. The monoisotopic (exact) mass is 853 g/mol. The lowest BCUT2D eigenvalue weighted by atomic mass is 10.1. The van der Waals surface area contributed by atoms with Crippen molar-refractivity contribution in [1.29, 1.82) is 0 Å². The molecule has 0 radical (unpaired) electrons. The maximum atomic E-state index is 13.9. The molecule has 3 aromatic rings. The highest BCUT2D eigenvalue weighted by molar-refractivity contribution is 5.81. The SMILES string of the molecule is C#CCOCCOCCOCCNc1nc(N2CCN(C(=O)[C@H](CCCCN)n3cc(CN)nn3)CC2)nc(N2CCN(C(=O)[C@H](CCCCN)n3cc(CN)nn3)CC2)n1. The lowest BCUT2D eigenvalue weighted by Crippen LogP contribution is -2.52. The fraction of sp³-hybridized carbons (Fsp3) is 0.711. The summed E-state index contributed by atoms with van der Waals surface area (Å²) in [6, 6.07) is -1.00. The van der Waals surface area contributed by atoms with E-state index in [2.05, 4.69) is 41.7 Å². The molecule has 0 aliphatic carbocycles. The van der Waals surface area contributed by atoms with Crippen LogP contribution in [-0.2, 0) is 36.9 Å². The number of piperazine rings is 2. The lowest BCUT2D eigenvalue weighted by molar-refractivity contribution is -0.136. The van der Waals surface area contributed by atoms with Gasteiger partial charge in [0.25, 0.3) is 0 Å². The van der Waals surface area contributed by atoms with Crippen LogP contribution in [0.2, 0.25) is 0 Å². The normalized spacial score (nSPS) is 15.5. The first kappa shape index (κ1) is 47.0. The molecule has 0 bridgehead atoms. The summed E-state index contributed by atoms with van der Waals surface area (Å²) < 4.78 is 19.7. The number of hydrogen-bond acceptors (Lipinski definition) is 19. The van der Waals surface area contributed by atoms with Crippen molar-refractivity contribution in [2.45, 2.75) is 63.7 Å². The molecule has 0 saturated carbocycles. The third kappa shape index (κ3) is 14.2. The minimum Gasteiger partial charge on any atom is -0.377 e. The summed E-state index contributed by atoms with van der Waals surface area (Å²) >= 11 is 0. The van der Waals surface area contributed by atoms with E-state index >= 15 is 0 Å². The first-order valence-corrected chi connectivity index (χ1v) is 21.2. The highest BCUT2D eigenvalue weighted by Crippen LogP contribution is 2.24. The fourth-order valence-electron chi connectivity index (χ4n) is 7.02. The van der Waals surface area contributed by atoms with E-state index in [1.165, 1.54) is 0 Å². The van der Waals surface area contributed by atoms with Gasteiger partial charge in [-0.25, -0.2) is 9.36 Å². The van der Waals surface area contributed by atoms with Crippen LogP contribution in [0.4, 0.5) is 17.8 Å². The van der Waals surface area contributed by atoms with Gasteiger partial charge in [-0.15, -0.1) is 16.6 Å². The molecule has 23 nitrogen and oxygen atoms in total. The minimum atomic E-state index is -0.501. The lowest BCUT2D eigenvalue weighted by Gasteiger charge is -2.38. The summed E-state index contributed by atoms with van der Waals surface area (Å²) in [6.45, 7) is 8.26. The molecule has 3 aromatic heterocycles. The molecule has 2 fully saturated rings. The summed E-state index contributed by atoms with van der Waals surface area (Å²) in [5.74, 6) is 3.75. The number of nitrogens with zero attached hydrogens (tertiary/aromatic N) is 13. The molecule has 9 N–H and O–H groups in total. The molecular weight excluding hydrogens is 789 g/mol. The van der Waals surface area contributed by atoms with Crippen molar-refractivity contribution >= 4 is 29.7 Å². The van der Waals surface area contributed by atoms with E-state index in [9.17, 15) is 9.59 Å². The molecule has 2 aliphatic heterocycles. The van der Waals surface area contributed by atoms with Crippen molar-refractivity contribution in [2.24, 2.45) is 22.9 Å². The van der Waals surface area contributed by atoms with Gasteiger partial charge in [-0.3, -0.25) is 9.59 Å². The Morgan fingerprint density at radius 2 is 1.11 bits per heavy atom. The average Bonchev–Trinajstić information content (AvgIpc) is 3.99. The largest absolute Gasteiger partial charge is 0.377 e. The number of amides is 2. The Morgan fingerprint density at radius 3 is 1.54 bits per heavy atom. The van der Waals surface area contributed by atoms with Crippen LogP contribution >= 0.6 is 0 Å². The average molecular weight is 853 g/mol. The number of ether oxygens (including phenoxy) is 3. The maximum absolute atomic E-state index is 13.9. The standard InChI is InChI=1S/C38H64N18O5/c1-2-20-59-22-24-61-25-23-60-21-11-43-36-44-37(53-16-12-51(13-17-53)34(57)32(7-3-5-9-39)55-28-30(26-41)47-49-55)46-38(45-36)54-18-14-52(15-19-54)35(58)33(8-4-6-10-40)56-29-31(27-42)48-50-56/h1,28-29,32-33H,3-27,39-42H2,(H,43,44,45,46)/t32-,33-/m0/s1. The molecular formula is C38H64N18O5. The van der Waals surface area contributed by atoms with Gasteiger partial charge in [0.05, 0.1) is 56.8 Å². The molecule has 61 heavy (non-hydrogen) atoms. The third-order valence-corrected chi connectivity index (χ3v) is 10.4.